The van der Waals surface area contributed by atoms with Crippen molar-refractivity contribution in [3.63, 3.8) is 0 Å². The highest BCUT2D eigenvalue weighted by Crippen LogP contribution is 2.83. The van der Waals surface area contributed by atoms with Gasteiger partial charge in [-0.05, 0) is 36.0 Å². The van der Waals surface area contributed by atoms with Crippen LogP contribution < -0.4 is 0 Å². The quantitative estimate of drug-likeness (QED) is 0.539. The van der Waals surface area contributed by atoms with Crippen molar-refractivity contribution in [2.45, 2.75) is 44.7 Å². The molecule has 2 nitrogen and oxygen atoms in total. The maximum atomic E-state index is 13.5. The number of ether oxygens (including phenoxy) is 1. The van der Waals surface area contributed by atoms with E-state index < -0.39 is 42.4 Å². The van der Waals surface area contributed by atoms with Crippen LogP contribution in [0.1, 0.15) is 26.7 Å². The highest BCUT2D eigenvalue weighted by Gasteiger charge is 2.85. The normalized spacial score (nSPS) is 40.8. The van der Waals surface area contributed by atoms with E-state index >= 15 is 0 Å². The van der Waals surface area contributed by atoms with Gasteiger partial charge in [0, 0.05) is 0 Å². The molecule has 9 heteroatoms. The number of hydrogen-bond acceptors (Lipinski definition) is 2. The highest BCUT2D eigenvalue weighted by atomic mass is 19.4. The molecule has 0 radical (unpaired) electrons. The lowest BCUT2D eigenvalue weighted by Crippen LogP contribution is -2.48. The largest absolute Gasteiger partial charge is 0.459 e. The maximum Gasteiger partial charge on any atom is 0.395 e. The number of hydrogen-bond donors (Lipinski definition) is 0. The van der Waals surface area contributed by atoms with Crippen LogP contribution in [0.4, 0.5) is 30.7 Å². The van der Waals surface area contributed by atoms with Crippen molar-refractivity contribution in [1.29, 1.82) is 0 Å². The van der Waals surface area contributed by atoms with E-state index in [0.29, 0.717) is 0 Å². The third kappa shape index (κ3) is 2.18. The van der Waals surface area contributed by atoms with Gasteiger partial charge in [0.1, 0.15) is 6.42 Å². The monoisotopic (exact) mass is 362 g/mol. The van der Waals surface area contributed by atoms with Gasteiger partial charge in [0.15, 0.2) is 6.61 Å². The molecule has 0 N–H and O–H groups in total. The van der Waals surface area contributed by atoms with Crippen molar-refractivity contribution in [1.82, 2.24) is 0 Å². The molecule has 0 aromatic rings. The van der Waals surface area contributed by atoms with Gasteiger partial charge in [0.05, 0.1) is 5.41 Å². The Hall–Kier alpha value is -1.02. The van der Waals surface area contributed by atoms with E-state index in [1.54, 1.807) is 0 Å². The van der Waals surface area contributed by atoms with E-state index in [2.05, 4.69) is 4.74 Å². The van der Waals surface area contributed by atoms with Crippen molar-refractivity contribution >= 4 is 5.97 Å². The molecule has 4 fully saturated rings. The fraction of sp³-hybridized carbons (Fsp3) is 0.933. The van der Waals surface area contributed by atoms with Crippen molar-refractivity contribution in [2.24, 2.45) is 35.0 Å². The van der Waals surface area contributed by atoms with Crippen LogP contribution in [0.15, 0.2) is 0 Å². The summed E-state index contributed by atoms with van der Waals surface area (Å²) in [5, 5.41) is 0. The number of rotatable bonds is 5. The molecule has 24 heavy (non-hydrogen) atoms. The van der Waals surface area contributed by atoms with Crippen LogP contribution in [0, 0.1) is 35.0 Å². The summed E-state index contributed by atoms with van der Waals surface area (Å²) in [6.45, 7) is 1.73. The smallest absolute Gasteiger partial charge is 0.395 e. The van der Waals surface area contributed by atoms with Gasteiger partial charge in [-0.15, -0.1) is 0 Å². The Morgan fingerprint density at radius 2 is 1.67 bits per heavy atom. The molecule has 4 saturated carbocycles. The Morgan fingerprint density at radius 1 is 1.08 bits per heavy atom. The lowest BCUT2D eigenvalue weighted by Gasteiger charge is -2.28. The molecule has 6 atom stereocenters. The number of carbonyl (C=O) groups is 1. The third-order valence-corrected chi connectivity index (χ3v) is 6.35. The van der Waals surface area contributed by atoms with E-state index in [1.807, 2.05) is 13.8 Å². The topological polar surface area (TPSA) is 26.3 Å². The minimum absolute atomic E-state index is 0.00862. The summed E-state index contributed by atoms with van der Waals surface area (Å²) in [7, 11) is 0. The van der Waals surface area contributed by atoms with Crippen molar-refractivity contribution < 1.29 is 40.3 Å². The van der Waals surface area contributed by atoms with Gasteiger partial charge in [0.25, 0.3) is 0 Å². The van der Waals surface area contributed by atoms with Crippen LogP contribution in [0.3, 0.4) is 0 Å². The molecular weight excluding hydrogens is 345 g/mol. The Labute approximate surface area is 133 Å². The number of halogens is 7. The molecule has 0 saturated heterocycles. The molecule has 0 amide bonds. The average Bonchev–Trinajstić information content (AvgIpc) is 2.69. The van der Waals surface area contributed by atoms with Gasteiger partial charge in [-0.25, -0.2) is 0 Å². The summed E-state index contributed by atoms with van der Waals surface area (Å²) in [6, 6.07) is 0. The predicted octanol–water partition coefficient (Wildman–Crippen LogP) is 4.29. The first-order chi connectivity index (χ1) is 10.8. The Morgan fingerprint density at radius 3 is 2.04 bits per heavy atom. The fourth-order valence-electron chi connectivity index (χ4n) is 5.33. The summed E-state index contributed by atoms with van der Waals surface area (Å²) >= 11 is 0. The van der Waals surface area contributed by atoms with Crippen molar-refractivity contribution in [2.75, 3.05) is 6.61 Å². The van der Waals surface area contributed by atoms with Crippen LogP contribution in [0.25, 0.3) is 0 Å². The molecule has 0 aromatic heterocycles. The zero-order valence-corrected chi connectivity index (χ0v) is 13.0. The van der Waals surface area contributed by atoms with Crippen LogP contribution in [0.5, 0.6) is 0 Å². The van der Waals surface area contributed by atoms with Crippen LogP contribution >= 0.6 is 0 Å². The predicted molar refractivity (Wildman–Crippen MR) is 67.4 cm³/mol. The first kappa shape index (κ1) is 17.8. The van der Waals surface area contributed by atoms with Gasteiger partial charge in [-0.1, -0.05) is 13.8 Å². The Kier molecular flexibility index (Phi) is 3.54. The van der Waals surface area contributed by atoms with Crippen molar-refractivity contribution in [3.05, 3.63) is 0 Å². The standard InChI is InChI=1S/C15H17F7O2/c1-6-8-3-9-10(6)15(9,7(8)2)11(23)24-5-13(18,19)12(16,17)4-14(20,21)22/h6-10H,3-5H2,1-2H3. The van der Waals surface area contributed by atoms with E-state index in [0.717, 1.165) is 6.42 Å². The van der Waals surface area contributed by atoms with E-state index in [4.69, 9.17) is 0 Å². The number of esters is 1. The highest BCUT2D eigenvalue weighted by molar-refractivity contribution is 5.84. The third-order valence-electron chi connectivity index (χ3n) is 6.35. The Balaban J connectivity index is 1.65. The lowest BCUT2D eigenvalue weighted by atomic mass is 9.90. The van der Waals surface area contributed by atoms with Crippen molar-refractivity contribution in [3.8, 4) is 0 Å². The summed E-state index contributed by atoms with van der Waals surface area (Å²) in [6.07, 6.45) is -7.63. The number of alkyl halides is 7. The molecule has 4 aliphatic carbocycles. The molecule has 138 valence electrons. The minimum Gasteiger partial charge on any atom is -0.459 e. The van der Waals surface area contributed by atoms with E-state index in [1.165, 1.54) is 0 Å². The molecule has 0 spiro atoms. The minimum atomic E-state index is -5.45. The summed E-state index contributed by atoms with van der Waals surface area (Å²) in [5.74, 6) is -10.9. The van der Waals surface area contributed by atoms with Crippen LogP contribution in [-0.2, 0) is 9.53 Å². The molecule has 4 aliphatic rings. The van der Waals surface area contributed by atoms with Gasteiger partial charge < -0.3 is 4.74 Å². The van der Waals surface area contributed by atoms with E-state index in [-0.39, 0.29) is 29.6 Å². The molecule has 4 rings (SSSR count). The molecule has 4 bridgehead atoms. The average molecular weight is 362 g/mol. The molecule has 0 aliphatic heterocycles. The summed E-state index contributed by atoms with van der Waals surface area (Å²) in [5.41, 5.74) is -0.903. The fourth-order valence-corrected chi connectivity index (χ4v) is 5.33. The molecule has 0 heterocycles. The van der Waals surface area contributed by atoms with Gasteiger partial charge in [-0.2, -0.15) is 30.7 Å². The molecular formula is C15H17F7O2. The summed E-state index contributed by atoms with van der Waals surface area (Å²) < 4.78 is 93.8. The SMILES string of the molecule is CC1C2CC3C1C3(C(=O)OCC(F)(F)C(F)(F)CC(F)(F)F)C2C. The first-order valence-corrected chi connectivity index (χ1v) is 7.75. The number of carbonyl (C=O) groups excluding carboxylic acids is 1. The van der Waals surface area contributed by atoms with Gasteiger partial charge >= 0.3 is 24.0 Å². The maximum absolute atomic E-state index is 13.5. The lowest BCUT2D eigenvalue weighted by molar-refractivity contribution is -0.274. The molecule has 0 aromatic carbocycles. The second-order valence-corrected chi connectivity index (χ2v) is 7.39. The first-order valence-electron chi connectivity index (χ1n) is 7.75. The van der Waals surface area contributed by atoms with Gasteiger partial charge in [-0.3, -0.25) is 4.79 Å². The second kappa shape index (κ2) is 4.78. The van der Waals surface area contributed by atoms with Crippen LogP contribution in [-0.4, -0.2) is 30.6 Å². The van der Waals surface area contributed by atoms with Crippen LogP contribution in [0.2, 0.25) is 0 Å². The van der Waals surface area contributed by atoms with Gasteiger partial charge in [0.2, 0.25) is 0 Å². The Bertz CT molecular complexity index is 555. The molecule has 6 unspecified atom stereocenters. The summed E-state index contributed by atoms with van der Waals surface area (Å²) in [4.78, 5) is 12.2. The zero-order chi connectivity index (χ0) is 18.3. The van der Waals surface area contributed by atoms with E-state index in [9.17, 15) is 35.5 Å². The second-order valence-electron chi connectivity index (χ2n) is 7.39. The zero-order valence-electron chi connectivity index (χ0n) is 13.0.